The van der Waals surface area contributed by atoms with Gasteiger partial charge >= 0.3 is 11.6 Å². The Morgan fingerprint density at radius 2 is 2.00 bits per heavy atom. The van der Waals surface area contributed by atoms with Crippen molar-refractivity contribution in [1.82, 2.24) is 0 Å². The van der Waals surface area contributed by atoms with Crippen LogP contribution in [0.1, 0.15) is 23.2 Å². The van der Waals surface area contributed by atoms with E-state index in [0.717, 1.165) is 18.8 Å². The quantitative estimate of drug-likeness (QED) is 0.620. The van der Waals surface area contributed by atoms with Crippen molar-refractivity contribution < 1.29 is 13.9 Å². The van der Waals surface area contributed by atoms with Crippen LogP contribution in [0, 0.1) is 0 Å². The van der Waals surface area contributed by atoms with Gasteiger partial charge in [-0.05, 0) is 31.0 Å². The Hall–Kier alpha value is -2.30. The van der Waals surface area contributed by atoms with Gasteiger partial charge in [-0.25, -0.2) is 9.59 Å². The summed E-state index contributed by atoms with van der Waals surface area (Å²) in [5.41, 5.74) is 0.799. The summed E-state index contributed by atoms with van der Waals surface area (Å²) >= 11 is 0. The van der Waals surface area contributed by atoms with Gasteiger partial charge in [0.05, 0.1) is 7.11 Å². The van der Waals surface area contributed by atoms with Crippen LogP contribution in [0.3, 0.4) is 0 Å². The van der Waals surface area contributed by atoms with E-state index >= 15 is 0 Å². The molecule has 1 aliphatic heterocycles. The number of carbonyl (C=O) groups excluding carboxylic acids is 1. The van der Waals surface area contributed by atoms with Gasteiger partial charge in [0.25, 0.3) is 0 Å². The van der Waals surface area contributed by atoms with E-state index in [1.807, 2.05) is 18.2 Å². The number of fused-ring (bicyclic) bond motifs is 1. The SMILES string of the molecule is COC(=O)c1cc2ccc(N3CCCC3)cc2oc1=O. The van der Waals surface area contributed by atoms with Crippen LogP contribution >= 0.6 is 0 Å². The summed E-state index contributed by atoms with van der Waals surface area (Å²) in [6.07, 6.45) is 2.37. The first-order chi connectivity index (χ1) is 9.69. The number of benzene rings is 1. The Balaban J connectivity index is 2.07. The van der Waals surface area contributed by atoms with Crippen LogP contribution in [0.15, 0.2) is 33.5 Å². The number of rotatable bonds is 2. The molecule has 0 aliphatic carbocycles. The second-order valence-corrected chi connectivity index (χ2v) is 4.86. The molecule has 1 fully saturated rings. The van der Waals surface area contributed by atoms with E-state index in [1.54, 1.807) is 0 Å². The van der Waals surface area contributed by atoms with Crippen LogP contribution in [0.25, 0.3) is 11.0 Å². The molecule has 5 nitrogen and oxygen atoms in total. The van der Waals surface area contributed by atoms with Gasteiger partial charge in [-0.3, -0.25) is 0 Å². The molecule has 3 rings (SSSR count). The fraction of sp³-hybridized carbons (Fsp3) is 0.333. The van der Waals surface area contributed by atoms with Gasteiger partial charge in [0.1, 0.15) is 11.1 Å². The standard InChI is InChI=1S/C15H15NO4/c1-19-14(17)12-8-10-4-5-11(16-6-2-3-7-16)9-13(10)20-15(12)18/h4-5,8-9H,2-3,6-7H2,1H3. The van der Waals surface area contributed by atoms with Crippen LogP contribution in [0.2, 0.25) is 0 Å². The molecule has 0 spiro atoms. The number of hydrogen-bond acceptors (Lipinski definition) is 5. The summed E-state index contributed by atoms with van der Waals surface area (Å²) in [5.74, 6) is -0.677. The highest BCUT2D eigenvalue weighted by Crippen LogP contribution is 2.24. The van der Waals surface area contributed by atoms with Gasteiger partial charge in [-0.1, -0.05) is 0 Å². The van der Waals surface area contributed by atoms with Gasteiger partial charge in [0, 0.05) is 30.2 Å². The van der Waals surface area contributed by atoms with E-state index in [4.69, 9.17) is 4.42 Å². The first-order valence-corrected chi connectivity index (χ1v) is 6.60. The molecule has 0 N–H and O–H groups in total. The van der Waals surface area contributed by atoms with Crippen LogP contribution in [-0.4, -0.2) is 26.2 Å². The molecule has 1 saturated heterocycles. The molecule has 104 valence electrons. The van der Waals surface area contributed by atoms with Crippen molar-refractivity contribution in [2.75, 3.05) is 25.1 Å². The molecule has 1 aromatic heterocycles. The maximum Gasteiger partial charge on any atom is 0.351 e. The van der Waals surface area contributed by atoms with Crippen LogP contribution in [0.5, 0.6) is 0 Å². The minimum atomic E-state index is -0.677. The lowest BCUT2D eigenvalue weighted by molar-refractivity contribution is 0.0596. The zero-order valence-corrected chi connectivity index (χ0v) is 11.2. The van der Waals surface area contributed by atoms with Gasteiger partial charge in [0.15, 0.2) is 0 Å². The topological polar surface area (TPSA) is 59.8 Å². The third-order valence-electron chi connectivity index (χ3n) is 3.60. The number of anilines is 1. The van der Waals surface area contributed by atoms with Gasteiger partial charge in [-0.2, -0.15) is 0 Å². The van der Waals surface area contributed by atoms with Crippen molar-refractivity contribution in [1.29, 1.82) is 0 Å². The van der Waals surface area contributed by atoms with E-state index in [1.165, 1.54) is 26.0 Å². The molecule has 2 heterocycles. The minimum Gasteiger partial charge on any atom is -0.465 e. The third-order valence-corrected chi connectivity index (χ3v) is 3.60. The largest absolute Gasteiger partial charge is 0.465 e. The first kappa shape index (κ1) is 12.7. The Morgan fingerprint density at radius 1 is 1.25 bits per heavy atom. The highest BCUT2D eigenvalue weighted by atomic mass is 16.5. The summed E-state index contributed by atoms with van der Waals surface area (Å²) < 4.78 is 9.80. The van der Waals surface area contributed by atoms with Crippen molar-refractivity contribution in [3.8, 4) is 0 Å². The zero-order valence-electron chi connectivity index (χ0n) is 11.2. The third kappa shape index (κ3) is 2.15. The van der Waals surface area contributed by atoms with Crippen LogP contribution in [-0.2, 0) is 4.74 Å². The predicted octanol–water partition coefficient (Wildman–Crippen LogP) is 2.18. The maximum absolute atomic E-state index is 11.8. The summed E-state index contributed by atoms with van der Waals surface area (Å²) in [7, 11) is 1.24. The molecule has 2 aromatic rings. The van der Waals surface area contributed by atoms with Crippen LogP contribution < -0.4 is 10.5 Å². The highest BCUT2D eigenvalue weighted by molar-refractivity contribution is 5.93. The lowest BCUT2D eigenvalue weighted by Gasteiger charge is -2.17. The van der Waals surface area contributed by atoms with Gasteiger partial charge < -0.3 is 14.1 Å². The molecule has 20 heavy (non-hydrogen) atoms. The average molecular weight is 273 g/mol. The summed E-state index contributed by atoms with van der Waals surface area (Å²) in [4.78, 5) is 25.5. The van der Waals surface area contributed by atoms with E-state index in [0.29, 0.717) is 11.0 Å². The molecule has 0 radical (unpaired) electrons. The average Bonchev–Trinajstić information content (AvgIpc) is 2.99. The maximum atomic E-state index is 11.8. The molecule has 0 atom stereocenters. The fourth-order valence-electron chi connectivity index (χ4n) is 2.52. The predicted molar refractivity (Wildman–Crippen MR) is 75.3 cm³/mol. The molecule has 0 bridgehead atoms. The summed E-state index contributed by atoms with van der Waals surface area (Å²) in [6, 6.07) is 7.21. The molecule has 0 amide bonds. The molecule has 0 saturated carbocycles. The summed E-state index contributed by atoms with van der Waals surface area (Å²) in [5, 5.41) is 0.716. The normalized spacial score (nSPS) is 14.8. The number of hydrogen-bond donors (Lipinski definition) is 0. The smallest absolute Gasteiger partial charge is 0.351 e. The van der Waals surface area contributed by atoms with Gasteiger partial charge in [0.2, 0.25) is 0 Å². The van der Waals surface area contributed by atoms with Crippen molar-refractivity contribution in [2.24, 2.45) is 0 Å². The first-order valence-electron chi connectivity index (χ1n) is 6.60. The Labute approximate surface area is 115 Å². The zero-order chi connectivity index (χ0) is 14.1. The van der Waals surface area contributed by atoms with E-state index in [-0.39, 0.29) is 5.56 Å². The van der Waals surface area contributed by atoms with Crippen LogP contribution in [0.4, 0.5) is 5.69 Å². The lowest BCUT2D eigenvalue weighted by Crippen LogP contribution is -2.18. The van der Waals surface area contributed by atoms with E-state index in [2.05, 4.69) is 9.64 Å². The molecule has 1 aliphatic rings. The molecule has 0 unspecified atom stereocenters. The number of nitrogens with zero attached hydrogens (tertiary/aromatic N) is 1. The van der Waals surface area contributed by atoms with Crippen molar-refractivity contribution in [3.05, 3.63) is 40.2 Å². The second-order valence-electron chi connectivity index (χ2n) is 4.86. The molecule has 5 heteroatoms. The molecular formula is C15H15NO4. The second kappa shape index (κ2) is 5.00. The number of carbonyl (C=O) groups is 1. The number of methoxy groups -OCH3 is 1. The molecular weight excluding hydrogens is 258 g/mol. The van der Waals surface area contributed by atoms with Gasteiger partial charge in [-0.15, -0.1) is 0 Å². The number of ether oxygens (including phenoxy) is 1. The lowest BCUT2D eigenvalue weighted by atomic mass is 10.1. The van der Waals surface area contributed by atoms with Crippen molar-refractivity contribution in [3.63, 3.8) is 0 Å². The van der Waals surface area contributed by atoms with E-state index in [9.17, 15) is 9.59 Å². The molecule has 1 aromatic carbocycles. The monoisotopic (exact) mass is 273 g/mol. The Kier molecular flexibility index (Phi) is 3.18. The summed E-state index contributed by atoms with van der Waals surface area (Å²) in [6.45, 7) is 2.05. The van der Waals surface area contributed by atoms with Crippen molar-refractivity contribution >= 4 is 22.6 Å². The van der Waals surface area contributed by atoms with E-state index < -0.39 is 11.6 Å². The minimum absolute atomic E-state index is 0.0751. The Bertz CT molecular complexity index is 713. The van der Waals surface area contributed by atoms with Crippen molar-refractivity contribution in [2.45, 2.75) is 12.8 Å². The number of esters is 1. The fourth-order valence-corrected chi connectivity index (χ4v) is 2.52. The Morgan fingerprint density at radius 3 is 2.70 bits per heavy atom. The highest BCUT2D eigenvalue weighted by Gasteiger charge is 2.16.